The number of benzene rings is 2. The number of anilines is 1. The second-order valence-electron chi connectivity index (χ2n) is 7.80. The minimum atomic E-state index is -3.90. The molecular weight excluding hydrogens is 556 g/mol. The standard InChI is InChI=1S/C23H27Cl4N3O4S/c1-4-11-28-23(32)21(5-2)29(13-16-17(24)7-6-8-18(16)25)22(31)14-30(35(3,33)34)15-9-10-19(26)20(27)12-15/h6-10,12,21H,4-5,11,13-14H2,1-3H3,(H,28,32)/t21-/m1/s1. The lowest BCUT2D eigenvalue weighted by molar-refractivity contribution is -0.140. The topological polar surface area (TPSA) is 86.8 Å². The minimum absolute atomic E-state index is 0.0889. The van der Waals surface area contributed by atoms with E-state index < -0.39 is 28.5 Å². The Kier molecular flexibility index (Phi) is 11.0. The Morgan fingerprint density at radius 2 is 1.60 bits per heavy atom. The summed E-state index contributed by atoms with van der Waals surface area (Å²) in [6.45, 7) is 3.45. The molecule has 2 aromatic carbocycles. The predicted molar refractivity (Wildman–Crippen MR) is 143 cm³/mol. The number of nitrogens with zero attached hydrogens (tertiary/aromatic N) is 2. The number of sulfonamides is 1. The highest BCUT2D eigenvalue weighted by molar-refractivity contribution is 7.92. The molecule has 35 heavy (non-hydrogen) atoms. The van der Waals surface area contributed by atoms with Crippen LogP contribution in [0.25, 0.3) is 0 Å². The fourth-order valence-corrected chi connectivity index (χ4v) is 5.04. The molecule has 2 amide bonds. The van der Waals surface area contributed by atoms with Crippen LogP contribution in [0.4, 0.5) is 5.69 Å². The first kappa shape index (κ1) is 29.5. The van der Waals surface area contributed by atoms with Gasteiger partial charge in [0.2, 0.25) is 21.8 Å². The molecule has 0 bridgehead atoms. The number of hydrogen-bond donors (Lipinski definition) is 1. The van der Waals surface area contributed by atoms with Gasteiger partial charge < -0.3 is 10.2 Å². The number of carbonyl (C=O) groups excluding carboxylic acids is 2. The normalized spacial score (nSPS) is 12.2. The lowest BCUT2D eigenvalue weighted by atomic mass is 10.1. The van der Waals surface area contributed by atoms with E-state index in [1.165, 1.54) is 23.1 Å². The van der Waals surface area contributed by atoms with E-state index in [-0.39, 0.29) is 34.6 Å². The second-order valence-corrected chi connectivity index (χ2v) is 11.3. The van der Waals surface area contributed by atoms with Crippen LogP contribution in [0.3, 0.4) is 0 Å². The van der Waals surface area contributed by atoms with Crippen LogP contribution in [0.2, 0.25) is 20.1 Å². The maximum Gasteiger partial charge on any atom is 0.244 e. The van der Waals surface area contributed by atoms with Crippen LogP contribution >= 0.6 is 46.4 Å². The van der Waals surface area contributed by atoms with Crippen molar-refractivity contribution in [1.29, 1.82) is 0 Å². The molecule has 0 fully saturated rings. The monoisotopic (exact) mass is 581 g/mol. The molecule has 192 valence electrons. The largest absolute Gasteiger partial charge is 0.354 e. The molecule has 7 nitrogen and oxygen atoms in total. The van der Waals surface area contributed by atoms with Crippen LogP contribution in [0, 0.1) is 0 Å². The summed E-state index contributed by atoms with van der Waals surface area (Å²) in [6, 6.07) is 8.29. The molecule has 0 saturated carbocycles. The number of amides is 2. The summed E-state index contributed by atoms with van der Waals surface area (Å²) in [5.41, 5.74) is 0.612. The molecule has 0 radical (unpaired) electrons. The van der Waals surface area contributed by atoms with Crippen LogP contribution in [0.5, 0.6) is 0 Å². The maximum atomic E-state index is 13.6. The highest BCUT2D eigenvalue weighted by Gasteiger charge is 2.32. The molecule has 0 aliphatic rings. The average molecular weight is 583 g/mol. The van der Waals surface area contributed by atoms with E-state index in [9.17, 15) is 18.0 Å². The fraction of sp³-hybridized carbons (Fsp3) is 0.391. The van der Waals surface area contributed by atoms with Gasteiger partial charge in [0.05, 0.1) is 22.0 Å². The zero-order chi connectivity index (χ0) is 26.3. The van der Waals surface area contributed by atoms with Crippen molar-refractivity contribution in [1.82, 2.24) is 10.2 Å². The van der Waals surface area contributed by atoms with Crippen molar-refractivity contribution in [2.75, 3.05) is 23.7 Å². The van der Waals surface area contributed by atoms with Crippen LogP contribution in [0.15, 0.2) is 36.4 Å². The third-order valence-electron chi connectivity index (χ3n) is 5.20. The number of hydrogen-bond acceptors (Lipinski definition) is 4. The summed E-state index contributed by atoms with van der Waals surface area (Å²) in [6.07, 6.45) is 1.98. The summed E-state index contributed by atoms with van der Waals surface area (Å²) in [4.78, 5) is 27.9. The van der Waals surface area contributed by atoms with Crippen molar-refractivity contribution in [3.05, 3.63) is 62.1 Å². The maximum absolute atomic E-state index is 13.6. The molecule has 0 aromatic heterocycles. The molecule has 0 spiro atoms. The van der Waals surface area contributed by atoms with Gasteiger partial charge in [-0.15, -0.1) is 0 Å². The first-order valence-electron chi connectivity index (χ1n) is 10.8. The van der Waals surface area contributed by atoms with Crippen LogP contribution < -0.4 is 9.62 Å². The van der Waals surface area contributed by atoms with Crippen molar-refractivity contribution < 1.29 is 18.0 Å². The molecule has 1 N–H and O–H groups in total. The Labute approximate surface area is 226 Å². The van der Waals surface area contributed by atoms with Crippen molar-refractivity contribution >= 4 is 73.9 Å². The Morgan fingerprint density at radius 1 is 0.971 bits per heavy atom. The van der Waals surface area contributed by atoms with Gasteiger partial charge in [-0.3, -0.25) is 13.9 Å². The SMILES string of the molecule is CCCNC(=O)[C@@H](CC)N(Cc1c(Cl)cccc1Cl)C(=O)CN(c1ccc(Cl)c(Cl)c1)S(C)(=O)=O. The fourth-order valence-electron chi connectivity index (χ4n) is 3.39. The third kappa shape index (κ3) is 7.89. The van der Waals surface area contributed by atoms with Gasteiger partial charge in [0.15, 0.2) is 0 Å². The van der Waals surface area contributed by atoms with E-state index in [0.29, 0.717) is 28.6 Å². The van der Waals surface area contributed by atoms with Crippen LogP contribution in [-0.2, 0) is 26.2 Å². The van der Waals surface area contributed by atoms with Crippen molar-refractivity contribution in [3.63, 3.8) is 0 Å². The Morgan fingerprint density at radius 3 is 2.11 bits per heavy atom. The van der Waals surface area contributed by atoms with E-state index >= 15 is 0 Å². The lowest BCUT2D eigenvalue weighted by Gasteiger charge is -2.33. The number of halogens is 4. The third-order valence-corrected chi connectivity index (χ3v) is 7.78. The van der Waals surface area contributed by atoms with Gasteiger partial charge in [-0.05, 0) is 43.2 Å². The summed E-state index contributed by atoms with van der Waals surface area (Å²) >= 11 is 24.7. The minimum Gasteiger partial charge on any atom is -0.354 e. The van der Waals surface area contributed by atoms with Gasteiger partial charge in [-0.2, -0.15) is 0 Å². The van der Waals surface area contributed by atoms with Crippen molar-refractivity contribution in [2.45, 2.75) is 39.3 Å². The van der Waals surface area contributed by atoms with E-state index in [2.05, 4.69) is 5.32 Å². The molecule has 0 aliphatic carbocycles. The molecular formula is C23H27Cl4N3O4S. The van der Waals surface area contributed by atoms with E-state index in [1.54, 1.807) is 25.1 Å². The smallest absolute Gasteiger partial charge is 0.244 e. The lowest BCUT2D eigenvalue weighted by Crippen LogP contribution is -2.52. The summed E-state index contributed by atoms with van der Waals surface area (Å²) in [7, 11) is -3.90. The molecule has 12 heteroatoms. The zero-order valence-corrected chi connectivity index (χ0v) is 23.4. The van der Waals surface area contributed by atoms with Crippen molar-refractivity contribution in [2.24, 2.45) is 0 Å². The molecule has 0 heterocycles. The zero-order valence-electron chi connectivity index (χ0n) is 19.5. The van der Waals surface area contributed by atoms with Crippen LogP contribution in [-0.4, -0.2) is 50.5 Å². The summed E-state index contributed by atoms with van der Waals surface area (Å²) in [5.74, 6) is -0.970. The highest BCUT2D eigenvalue weighted by atomic mass is 35.5. The molecule has 0 saturated heterocycles. The Balaban J connectivity index is 2.50. The van der Waals surface area contributed by atoms with Gasteiger partial charge in [0.25, 0.3) is 0 Å². The van der Waals surface area contributed by atoms with Crippen molar-refractivity contribution in [3.8, 4) is 0 Å². The van der Waals surface area contributed by atoms with Gasteiger partial charge in [-0.1, -0.05) is 66.3 Å². The Hall–Kier alpha value is -1.71. The second kappa shape index (κ2) is 13.0. The van der Waals surface area contributed by atoms with E-state index in [4.69, 9.17) is 46.4 Å². The number of nitrogens with one attached hydrogen (secondary N) is 1. The van der Waals surface area contributed by atoms with E-state index in [0.717, 1.165) is 10.6 Å². The number of rotatable bonds is 11. The number of carbonyl (C=O) groups is 2. The summed E-state index contributed by atoms with van der Waals surface area (Å²) < 4.78 is 26.2. The summed E-state index contributed by atoms with van der Waals surface area (Å²) in [5, 5.41) is 3.82. The molecule has 1 atom stereocenters. The highest BCUT2D eigenvalue weighted by Crippen LogP contribution is 2.30. The first-order chi connectivity index (χ1) is 16.4. The Bertz CT molecular complexity index is 1160. The molecule has 0 unspecified atom stereocenters. The van der Waals surface area contributed by atoms with E-state index in [1.807, 2.05) is 6.92 Å². The quantitative estimate of drug-likeness (QED) is 0.384. The molecule has 0 aliphatic heterocycles. The van der Waals surface area contributed by atoms with Gasteiger partial charge in [0, 0.05) is 28.7 Å². The van der Waals surface area contributed by atoms with Gasteiger partial charge in [0.1, 0.15) is 12.6 Å². The van der Waals surface area contributed by atoms with Gasteiger partial charge in [-0.25, -0.2) is 8.42 Å². The predicted octanol–water partition coefficient (Wildman–Crippen LogP) is 5.40. The molecule has 2 aromatic rings. The first-order valence-corrected chi connectivity index (χ1v) is 14.2. The van der Waals surface area contributed by atoms with Crippen LogP contribution in [0.1, 0.15) is 32.3 Å². The average Bonchev–Trinajstić information content (AvgIpc) is 2.78. The molecule has 2 rings (SSSR count). The van der Waals surface area contributed by atoms with Gasteiger partial charge >= 0.3 is 0 Å².